The van der Waals surface area contributed by atoms with Gasteiger partial charge in [-0.15, -0.1) is 22.7 Å². The van der Waals surface area contributed by atoms with Crippen LogP contribution < -0.4 is 10.9 Å². The number of amides is 1. The number of halogens is 1. The molecule has 0 aliphatic carbocycles. The van der Waals surface area contributed by atoms with Crippen molar-refractivity contribution in [1.82, 2.24) is 14.7 Å². The van der Waals surface area contributed by atoms with Crippen LogP contribution in [0.2, 0.25) is 4.34 Å². The molecule has 0 unspecified atom stereocenters. The number of carbonyl (C=O) groups is 1. The second-order valence-electron chi connectivity index (χ2n) is 4.95. The molecule has 1 N–H and O–H groups in total. The number of fused-ring (bicyclic) bond motifs is 1. The number of hydrogen-bond acceptors (Lipinski definition) is 5. The quantitative estimate of drug-likeness (QED) is 0.786. The minimum Gasteiger partial charge on any atom is -0.350 e. The van der Waals surface area contributed by atoms with E-state index in [-0.39, 0.29) is 17.2 Å². The monoisotopic (exact) mass is 353 g/mol. The number of hydrogen-bond donors (Lipinski definition) is 1. The van der Waals surface area contributed by atoms with Crippen molar-refractivity contribution in [2.75, 3.05) is 0 Å². The lowest BCUT2D eigenvalue weighted by atomic mass is 10.3. The Kier molecular flexibility index (Phi) is 4.03. The van der Waals surface area contributed by atoms with Gasteiger partial charge in [0, 0.05) is 17.6 Å². The predicted molar refractivity (Wildman–Crippen MR) is 90.3 cm³/mol. The summed E-state index contributed by atoms with van der Waals surface area (Å²) >= 11 is 8.69. The van der Waals surface area contributed by atoms with Gasteiger partial charge in [-0.05, 0) is 26.0 Å². The van der Waals surface area contributed by atoms with Crippen molar-refractivity contribution >= 4 is 45.1 Å². The van der Waals surface area contributed by atoms with Crippen LogP contribution in [-0.4, -0.2) is 21.3 Å². The lowest BCUT2D eigenvalue weighted by molar-refractivity contribution is 0.0941. The minimum atomic E-state index is -0.414. The van der Waals surface area contributed by atoms with Gasteiger partial charge in [-0.25, -0.2) is 9.38 Å². The number of aromatic nitrogens is 2. The Morgan fingerprint density at radius 2 is 2.18 bits per heavy atom. The summed E-state index contributed by atoms with van der Waals surface area (Å²) in [5, 5.41) is 4.56. The average Bonchev–Trinajstić information content (AvgIpc) is 3.04. The molecule has 1 amide bonds. The Morgan fingerprint density at radius 1 is 1.41 bits per heavy atom. The van der Waals surface area contributed by atoms with E-state index in [2.05, 4.69) is 10.3 Å². The van der Waals surface area contributed by atoms with E-state index < -0.39 is 5.91 Å². The second kappa shape index (κ2) is 5.83. The molecule has 114 valence electrons. The highest BCUT2D eigenvalue weighted by atomic mass is 35.5. The van der Waals surface area contributed by atoms with Gasteiger partial charge in [-0.1, -0.05) is 11.6 Å². The zero-order valence-electron chi connectivity index (χ0n) is 11.8. The molecule has 0 aromatic carbocycles. The van der Waals surface area contributed by atoms with E-state index in [9.17, 15) is 9.59 Å². The third-order valence-corrected chi connectivity index (χ3v) is 5.03. The van der Waals surface area contributed by atoms with Crippen LogP contribution in [-0.2, 0) is 0 Å². The van der Waals surface area contributed by atoms with Gasteiger partial charge in [0.15, 0.2) is 4.96 Å². The van der Waals surface area contributed by atoms with Crippen LogP contribution in [0.3, 0.4) is 0 Å². The highest BCUT2D eigenvalue weighted by Crippen LogP contribution is 2.32. The van der Waals surface area contributed by atoms with Crippen molar-refractivity contribution in [2.45, 2.75) is 19.9 Å². The van der Waals surface area contributed by atoms with E-state index in [1.54, 1.807) is 6.07 Å². The third-order valence-electron chi connectivity index (χ3n) is 2.94. The Morgan fingerprint density at radius 3 is 2.82 bits per heavy atom. The molecule has 0 aliphatic rings. The number of rotatable bonds is 3. The molecule has 0 fully saturated rings. The van der Waals surface area contributed by atoms with Crippen LogP contribution in [0.25, 0.3) is 15.5 Å². The number of nitrogens with one attached hydrogen (secondary N) is 1. The molecule has 0 radical (unpaired) electrons. The van der Waals surface area contributed by atoms with Crippen molar-refractivity contribution < 1.29 is 4.79 Å². The van der Waals surface area contributed by atoms with Gasteiger partial charge < -0.3 is 5.32 Å². The van der Waals surface area contributed by atoms with Crippen molar-refractivity contribution in [2.24, 2.45) is 0 Å². The first-order valence-electron chi connectivity index (χ1n) is 6.53. The topological polar surface area (TPSA) is 63.5 Å². The van der Waals surface area contributed by atoms with Crippen LogP contribution >= 0.6 is 34.3 Å². The van der Waals surface area contributed by atoms with E-state index in [0.29, 0.717) is 15.0 Å². The van der Waals surface area contributed by atoms with Gasteiger partial charge in [0.05, 0.1) is 14.9 Å². The molecule has 3 heterocycles. The van der Waals surface area contributed by atoms with Crippen molar-refractivity contribution in [1.29, 1.82) is 0 Å². The number of nitrogens with zero attached hydrogens (tertiary/aromatic N) is 2. The van der Waals surface area contributed by atoms with Gasteiger partial charge in [-0.3, -0.25) is 9.59 Å². The maximum Gasteiger partial charge on any atom is 0.271 e. The van der Waals surface area contributed by atoms with Crippen LogP contribution in [0.5, 0.6) is 0 Å². The zero-order valence-corrected chi connectivity index (χ0v) is 14.2. The van der Waals surface area contributed by atoms with Crippen molar-refractivity contribution in [3.8, 4) is 10.6 Å². The Hall–Kier alpha value is -1.70. The molecule has 22 heavy (non-hydrogen) atoms. The number of thiophene rings is 1. The fraction of sp³-hybridized carbons (Fsp3) is 0.214. The molecule has 3 aromatic heterocycles. The van der Waals surface area contributed by atoms with Gasteiger partial charge in [0.2, 0.25) is 0 Å². The van der Waals surface area contributed by atoms with Gasteiger partial charge in [0.1, 0.15) is 5.56 Å². The molecule has 3 rings (SSSR count). The summed E-state index contributed by atoms with van der Waals surface area (Å²) in [6.07, 6.45) is 1.33. The first kappa shape index (κ1) is 15.2. The Balaban J connectivity index is 2.18. The maximum absolute atomic E-state index is 12.7. The molecular formula is C14H12ClN3O2S2. The summed E-state index contributed by atoms with van der Waals surface area (Å²) in [6.45, 7) is 3.68. The van der Waals surface area contributed by atoms with E-state index in [1.807, 2.05) is 25.3 Å². The van der Waals surface area contributed by atoms with Gasteiger partial charge in [0.25, 0.3) is 11.5 Å². The van der Waals surface area contributed by atoms with Crippen molar-refractivity contribution in [3.05, 3.63) is 44.0 Å². The molecule has 0 atom stereocenters. The van der Waals surface area contributed by atoms with Crippen molar-refractivity contribution in [3.63, 3.8) is 0 Å². The number of carbonyl (C=O) groups excluding carboxylic acids is 1. The first-order chi connectivity index (χ1) is 10.5. The summed E-state index contributed by atoms with van der Waals surface area (Å²) < 4.78 is 2.10. The summed E-state index contributed by atoms with van der Waals surface area (Å²) in [6, 6.07) is 3.58. The smallest absolute Gasteiger partial charge is 0.271 e. The van der Waals surface area contributed by atoms with E-state index >= 15 is 0 Å². The van der Waals surface area contributed by atoms with Gasteiger partial charge in [-0.2, -0.15) is 0 Å². The molecule has 0 spiro atoms. The average molecular weight is 354 g/mol. The molecule has 3 aromatic rings. The van der Waals surface area contributed by atoms with E-state index in [0.717, 1.165) is 4.88 Å². The molecule has 0 bridgehead atoms. The summed E-state index contributed by atoms with van der Waals surface area (Å²) in [5.41, 5.74) is 0.367. The lowest BCUT2D eigenvalue weighted by Gasteiger charge is -2.08. The lowest BCUT2D eigenvalue weighted by Crippen LogP contribution is -2.35. The van der Waals surface area contributed by atoms with Crippen LogP contribution in [0, 0.1) is 0 Å². The predicted octanol–water partition coefficient (Wildman–Crippen LogP) is 3.28. The second-order valence-corrected chi connectivity index (χ2v) is 7.50. The molecule has 0 saturated carbocycles. The van der Waals surface area contributed by atoms with Crippen LogP contribution in [0.1, 0.15) is 24.2 Å². The SMILES string of the molecule is CC(C)NC(=O)c1cnc2scc(-c3ccc(Cl)s3)n2c1=O. The fourth-order valence-corrected chi connectivity index (χ4v) is 3.99. The Labute approximate surface area is 139 Å². The third kappa shape index (κ3) is 2.67. The summed E-state index contributed by atoms with van der Waals surface area (Å²) in [4.78, 5) is 30.4. The first-order valence-corrected chi connectivity index (χ1v) is 8.60. The fourth-order valence-electron chi connectivity index (χ4n) is 2.01. The van der Waals surface area contributed by atoms with E-state index in [1.165, 1.54) is 33.3 Å². The highest BCUT2D eigenvalue weighted by Gasteiger charge is 2.18. The molecule has 0 saturated heterocycles. The summed E-state index contributed by atoms with van der Waals surface area (Å²) in [5.74, 6) is -0.414. The van der Waals surface area contributed by atoms with E-state index in [4.69, 9.17) is 11.6 Å². The number of thiazole rings is 1. The summed E-state index contributed by atoms with van der Waals surface area (Å²) in [7, 11) is 0. The molecule has 0 aliphatic heterocycles. The van der Waals surface area contributed by atoms with Crippen LogP contribution in [0.15, 0.2) is 28.5 Å². The normalized spacial score (nSPS) is 11.3. The molecule has 5 nitrogen and oxygen atoms in total. The largest absolute Gasteiger partial charge is 0.350 e. The highest BCUT2D eigenvalue weighted by molar-refractivity contribution is 7.20. The maximum atomic E-state index is 12.7. The molecular weight excluding hydrogens is 342 g/mol. The standard InChI is InChI=1S/C14H12ClN3O2S2/c1-7(2)17-12(19)8-5-16-14-18(13(8)20)9(6-21-14)10-3-4-11(15)22-10/h3-7H,1-2H3,(H,17,19). The zero-order chi connectivity index (χ0) is 15.9. The van der Waals surface area contributed by atoms with Crippen LogP contribution in [0.4, 0.5) is 0 Å². The Bertz CT molecular complexity index is 910. The minimum absolute atomic E-state index is 0.0357. The van der Waals surface area contributed by atoms with Gasteiger partial charge >= 0.3 is 0 Å². The molecule has 8 heteroatoms.